The molecule has 2 aromatic rings. The number of rotatable bonds is 2. The van der Waals surface area contributed by atoms with Gasteiger partial charge in [0.1, 0.15) is 5.82 Å². The van der Waals surface area contributed by atoms with Gasteiger partial charge < -0.3 is 0 Å². The molecule has 4 rings (SSSR count). The van der Waals surface area contributed by atoms with Gasteiger partial charge in [0.15, 0.2) is 5.78 Å². The molecule has 0 atom stereocenters. The van der Waals surface area contributed by atoms with Crippen molar-refractivity contribution in [2.75, 3.05) is 13.1 Å². The Kier molecular flexibility index (Phi) is 3.53. The molecule has 0 bridgehead atoms. The molecule has 0 radical (unpaired) electrons. The molecule has 1 fully saturated rings. The van der Waals surface area contributed by atoms with Crippen LogP contribution in [0.15, 0.2) is 48.5 Å². The van der Waals surface area contributed by atoms with Crippen LogP contribution in [-0.4, -0.2) is 23.8 Å². The molecule has 2 aromatic carbocycles. The molecule has 2 nitrogen and oxygen atoms in total. The van der Waals surface area contributed by atoms with Crippen LogP contribution in [0.25, 0.3) is 0 Å². The summed E-state index contributed by atoms with van der Waals surface area (Å²) in [6, 6.07) is 15.3. The Hall–Kier alpha value is -2.00. The zero-order valence-electron chi connectivity index (χ0n) is 13.1. The monoisotopic (exact) mass is 309 g/mol. The smallest absolute Gasteiger partial charge is 0.164 e. The Bertz CT molecular complexity index is 733. The van der Waals surface area contributed by atoms with Gasteiger partial charge in [-0.2, -0.15) is 0 Å². The fraction of sp³-hybridized carbons (Fsp3) is 0.350. The van der Waals surface area contributed by atoms with E-state index in [1.807, 2.05) is 6.07 Å². The van der Waals surface area contributed by atoms with Crippen molar-refractivity contribution in [3.05, 3.63) is 71.0 Å². The number of hydrogen-bond donors (Lipinski definition) is 0. The highest BCUT2D eigenvalue weighted by Crippen LogP contribution is 2.47. The third kappa shape index (κ3) is 2.49. The Morgan fingerprint density at radius 1 is 1.00 bits per heavy atom. The quantitative estimate of drug-likeness (QED) is 0.837. The molecule has 118 valence electrons. The maximum absolute atomic E-state index is 14.4. The second-order valence-electron chi connectivity index (χ2n) is 6.80. The number of benzene rings is 2. The van der Waals surface area contributed by atoms with Crippen LogP contribution in [0, 0.1) is 5.82 Å². The van der Waals surface area contributed by atoms with Gasteiger partial charge in [-0.3, -0.25) is 9.69 Å². The predicted octanol–water partition coefficient (Wildman–Crippen LogP) is 3.95. The third-order valence-corrected chi connectivity index (χ3v) is 5.41. The van der Waals surface area contributed by atoms with Crippen LogP contribution >= 0.6 is 0 Å². The number of ketones is 1. The Labute approximate surface area is 135 Å². The first-order valence-electron chi connectivity index (χ1n) is 8.26. The van der Waals surface area contributed by atoms with Gasteiger partial charge in [-0.1, -0.05) is 42.5 Å². The lowest BCUT2D eigenvalue weighted by Gasteiger charge is -2.39. The van der Waals surface area contributed by atoms with E-state index in [0.717, 1.165) is 32.5 Å². The lowest BCUT2D eigenvalue weighted by molar-refractivity contribution is 0.0930. The number of Topliss-reactive ketones (excluding diaryl/α,β-unsaturated/α-hetero) is 1. The van der Waals surface area contributed by atoms with E-state index in [9.17, 15) is 9.18 Å². The standard InChI is InChI=1S/C20H20FNO/c21-17-8-4-7-16-18(23)13-20(19(16)17)9-11-22(12-10-20)14-15-5-2-1-3-6-15/h1-8H,9-14H2. The number of piperidine rings is 1. The summed E-state index contributed by atoms with van der Waals surface area (Å²) in [6.07, 6.45) is 2.20. The summed E-state index contributed by atoms with van der Waals surface area (Å²) in [4.78, 5) is 14.7. The van der Waals surface area contributed by atoms with E-state index >= 15 is 0 Å². The molecule has 23 heavy (non-hydrogen) atoms. The highest BCUT2D eigenvalue weighted by Gasteiger charge is 2.46. The fourth-order valence-electron chi connectivity index (χ4n) is 4.19. The molecule has 0 amide bonds. The number of carbonyl (C=O) groups is 1. The third-order valence-electron chi connectivity index (χ3n) is 5.41. The van der Waals surface area contributed by atoms with Crippen molar-refractivity contribution in [1.29, 1.82) is 0 Å². The topological polar surface area (TPSA) is 20.3 Å². The van der Waals surface area contributed by atoms with Gasteiger partial charge in [0.05, 0.1) is 0 Å². The molecule has 1 aliphatic heterocycles. The number of hydrogen-bond acceptors (Lipinski definition) is 2. The van der Waals surface area contributed by atoms with Crippen LogP contribution in [-0.2, 0) is 12.0 Å². The van der Waals surface area contributed by atoms with Crippen LogP contribution < -0.4 is 0 Å². The first-order chi connectivity index (χ1) is 11.2. The second-order valence-corrected chi connectivity index (χ2v) is 6.80. The van der Waals surface area contributed by atoms with Crippen molar-refractivity contribution in [3.8, 4) is 0 Å². The SMILES string of the molecule is O=C1CC2(CCN(Cc3ccccc3)CC2)c2c(F)cccc21. The van der Waals surface area contributed by atoms with E-state index in [4.69, 9.17) is 0 Å². The maximum atomic E-state index is 14.4. The van der Waals surface area contributed by atoms with Crippen LogP contribution in [0.3, 0.4) is 0 Å². The van der Waals surface area contributed by atoms with E-state index in [2.05, 4.69) is 29.2 Å². The lowest BCUT2D eigenvalue weighted by Crippen LogP contribution is -2.41. The van der Waals surface area contributed by atoms with Gasteiger partial charge in [0.2, 0.25) is 0 Å². The molecule has 0 unspecified atom stereocenters. The number of fused-ring (bicyclic) bond motifs is 2. The van der Waals surface area contributed by atoms with E-state index in [-0.39, 0.29) is 17.0 Å². The Balaban J connectivity index is 1.53. The maximum Gasteiger partial charge on any atom is 0.164 e. The molecular formula is C20H20FNO. The summed E-state index contributed by atoms with van der Waals surface area (Å²) in [7, 11) is 0. The summed E-state index contributed by atoms with van der Waals surface area (Å²) in [5, 5.41) is 0. The van der Waals surface area contributed by atoms with Gasteiger partial charge in [-0.05, 0) is 37.6 Å². The Morgan fingerprint density at radius 3 is 2.48 bits per heavy atom. The number of nitrogens with zero attached hydrogens (tertiary/aromatic N) is 1. The van der Waals surface area contributed by atoms with E-state index in [0.29, 0.717) is 17.5 Å². The van der Waals surface area contributed by atoms with Crippen molar-refractivity contribution >= 4 is 5.78 Å². The zero-order chi connectivity index (χ0) is 15.9. The normalized spacial score (nSPS) is 20.0. The van der Waals surface area contributed by atoms with Gasteiger partial charge in [-0.25, -0.2) is 4.39 Å². The van der Waals surface area contributed by atoms with Crippen LogP contribution in [0.2, 0.25) is 0 Å². The minimum Gasteiger partial charge on any atom is -0.299 e. The average Bonchev–Trinajstić information content (AvgIpc) is 2.85. The number of carbonyl (C=O) groups excluding carboxylic acids is 1. The van der Waals surface area contributed by atoms with Crippen LogP contribution in [0.4, 0.5) is 4.39 Å². The summed E-state index contributed by atoms with van der Waals surface area (Å²) >= 11 is 0. The summed E-state index contributed by atoms with van der Waals surface area (Å²) < 4.78 is 14.4. The lowest BCUT2D eigenvalue weighted by atomic mass is 9.73. The minimum absolute atomic E-state index is 0.107. The summed E-state index contributed by atoms with van der Waals surface area (Å²) in [6.45, 7) is 2.75. The predicted molar refractivity (Wildman–Crippen MR) is 88.0 cm³/mol. The van der Waals surface area contributed by atoms with Crippen molar-refractivity contribution < 1.29 is 9.18 Å². The number of halogens is 1. The molecule has 2 aliphatic rings. The van der Waals surface area contributed by atoms with Crippen molar-refractivity contribution in [2.45, 2.75) is 31.2 Å². The molecule has 1 heterocycles. The summed E-state index contributed by atoms with van der Waals surface area (Å²) in [5.74, 6) is -0.0964. The van der Waals surface area contributed by atoms with E-state index < -0.39 is 0 Å². The van der Waals surface area contributed by atoms with Gasteiger partial charge >= 0.3 is 0 Å². The molecule has 3 heteroatoms. The molecule has 1 aliphatic carbocycles. The molecular weight excluding hydrogens is 289 g/mol. The fourth-order valence-corrected chi connectivity index (χ4v) is 4.19. The first kappa shape index (κ1) is 14.6. The molecule has 0 aromatic heterocycles. The molecule has 1 saturated heterocycles. The molecule has 0 saturated carbocycles. The first-order valence-corrected chi connectivity index (χ1v) is 8.26. The zero-order valence-corrected chi connectivity index (χ0v) is 13.1. The largest absolute Gasteiger partial charge is 0.299 e. The van der Waals surface area contributed by atoms with Crippen LogP contribution in [0.1, 0.15) is 40.7 Å². The summed E-state index contributed by atoms with van der Waals surface area (Å²) in [5.41, 5.74) is 2.33. The van der Waals surface area contributed by atoms with E-state index in [1.165, 1.54) is 11.6 Å². The highest BCUT2D eigenvalue weighted by molar-refractivity contribution is 6.02. The molecule has 0 N–H and O–H groups in total. The highest BCUT2D eigenvalue weighted by atomic mass is 19.1. The van der Waals surface area contributed by atoms with Gasteiger partial charge in [0, 0.05) is 29.5 Å². The molecule has 1 spiro atoms. The average molecular weight is 309 g/mol. The van der Waals surface area contributed by atoms with Crippen molar-refractivity contribution in [2.24, 2.45) is 0 Å². The van der Waals surface area contributed by atoms with Crippen LogP contribution in [0.5, 0.6) is 0 Å². The van der Waals surface area contributed by atoms with Gasteiger partial charge in [-0.15, -0.1) is 0 Å². The number of likely N-dealkylation sites (tertiary alicyclic amines) is 1. The Morgan fingerprint density at radius 2 is 1.74 bits per heavy atom. The van der Waals surface area contributed by atoms with E-state index in [1.54, 1.807) is 12.1 Å². The van der Waals surface area contributed by atoms with Gasteiger partial charge in [0.25, 0.3) is 0 Å². The minimum atomic E-state index is -0.273. The second kappa shape index (κ2) is 5.57. The van der Waals surface area contributed by atoms with Crippen molar-refractivity contribution in [3.63, 3.8) is 0 Å². The van der Waals surface area contributed by atoms with Crippen molar-refractivity contribution in [1.82, 2.24) is 4.90 Å².